The van der Waals surface area contributed by atoms with Gasteiger partial charge >= 0.3 is 12.0 Å². The Kier molecular flexibility index (Phi) is 3.75. The van der Waals surface area contributed by atoms with Gasteiger partial charge < -0.3 is 20.4 Å². The number of amides is 2. The first-order chi connectivity index (χ1) is 8.49. The predicted molar refractivity (Wildman–Crippen MR) is 64.1 cm³/mol. The summed E-state index contributed by atoms with van der Waals surface area (Å²) in [5, 5.41) is 21.3. The van der Waals surface area contributed by atoms with E-state index in [4.69, 9.17) is 5.11 Å². The topological polar surface area (TPSA) is 89.9 Å². The number of carbonyl (C=O) groups is 2. The zero-order valence-corrected chi connectivity index (χ0v) is 10.5. The third kappa shape index (κ3) is 2.58. The molecule has 2 amide bonds. The van der Waals surface area contributed by atoms with Crippen molar-refractivity contribution in [3.05, 3.63) is 0 Å². The van der Waals surface area contributed by atoms with Gasteiger partial charge in [0.2, 0.25) is 0 Å². The summed E-state index contributed by atoms with van der Waals surface area (Å²) >= 11 is 0. The lowest BCUT2D eigenvalue weighted by Gasteiger charge is -2.33. The van der Waals surface area contributed by atoms with E-state index in [1.165, 1.54) is 11.3 Å². The van der Waals surface area contributed by atoms with Gasteiger partial charge in [-0.05, 0) is 25.7 Å². The Hall–Kier alpha value is -1.30. The molecular formula is C12H20N2O4. The molecule has 1 heterocycles. The number of aliphatic hydroxyl groups excluding tert-OH is 1. The molecule has 0 aromatic rings. The number of rotatable bonds is 3. The summed E-state index contributed by atoms with van der Waals surface area (Å²) in [4.78, 5) is 24.2. The highest BCUT2D eigenvalue weighted by atomic mass is 16.4. The molecule has 1 unspecified atom stereocenters. The molecule has 1 aliphatic heterocycles. The molecule has 0 aromatic carbocycles. The van der Waals surface area contributed by atoms with Crippen LogP contribution in [0, 0.1) is 5.92 Å². The number of carboxylic acid groups (broad SMARTS) is 1. The van der Waals surface area contributed by atoms with Crippen molar-refractivity contribution < 1.29 is 19.8 Å². The Morgan fingerprint density at radius 2 is 2.06 bits per heavy atom. The summed E-state index contributed by atoms with van der Waals surface area (Å²) in [6.45, 7) is 2.05. The molecule has 3 atom stereocenters. The molecule has 102 valence electrons. The fraction of sp³-hybridized carbons (Fsp3) is 0.833. The Morgan fingerprint density at radius 1 is 1.39 bits per heavy atom. The predicted octanol–water partition coefficient (Wildman–Crippen LogP) is 0.404. The van der Waals surface area contributed by atoms with E-state index in [1.807, 2.05) is 6.92 Å². The van der Waals surface area contributed by atoms with Crippen LogP contribution in [0.15, 0.2) is 0 Å². The normalized spacial score (nSPS) is 29.8. The molecule has 6 heteroatoms. The van der Waals surface area contributed by atoms with Crippen molar-refractivity contribution in [2.75, 3.05) is 6.54 Å². The van der Waals surface area contributed by atoms with Crippen LogP contribution >= 0.6 is 0 Å². The second kappa shape index (κ2) is 5.14. The smallest absolute Gasteiger partial charge is 0.326 e. The number of aliphatic hydroxyl groups is 1. The molecule has 1 saturated carbocycles. The van der Waals surface area contributed by atoms with E-state index in [0.717, 1.165) is 12.8 Å². The average molecular weight is 256 g/mol. The molecule has 2 aliphatic rings. The number of nitrogens with one attached hydrogen (secondary N) is 1. The van der Waals surface area contributed by atoms with E-state index < -0.39 is 18.1 Å². The van der Waals surface area contributed by atoms with Crippen LogP contribution in [-0.4, -0.2) is 51.8 Å². The number of likely N-dealkylation sites (tertiary alicyclic amines) is 1. The van der Waals surface area contributed by atoms with E-state index in [-0.39, 0.29) is 25.0 Å². The largest absolute Gasteiger partial charge is 0.480 e. The first-order valence-corrected chi connectivity index (χ1v) is 6.47. The van der Waals surface area contributed by atoms with Gasteiger partial charge in [0, 0.05) is 19.0 Å². The van der Waals surface area contributed by atoms with E-state index in [1.54, 1.807) is 0 Å². The van der Waals surface area contributed by atoms with E-state index >= 15 is 0 Å². The summed E-state index contributed by atoms with van der Waals surface area (Å²) in [5.74, 6) is -0.553. The summed E-state index contributed by atoms with van der Waals surface area (Å²) in [5.41, 5.74) is 0. The number of nitrogens with zero attached hydrogens (tertiary/aromatic N) is 1. The highest BCUT2D eigenvalue weighted by Gasteiger charge is 2.39. The minimum atomic E-state index is -1.06. The van der Waals surface area contributed by atoms with Crippen LogP contribution in [0.25, 0.3) is 0 Å². The molecule has 2 rings (SSSR count). The summed E-state index contributed by atoms with van der Waals surface area (Å²) < 4.78 is 0. The number of aliphatic carboxylic acids is 1. The maximum atomic E-state index is 12.0. The minimum absolute atomic E-state index is 0.0680. The standard InChI is InChI=1S/C12H20N2O4/c1-7(8-3-2-4-8)13-12(18)14-6-9(15)5-10(14)11(16)17/h7-10,15H,2-6H2,1H3,(H,13,18)(H,16,17)/t7?,9-,10+/m1/s1. The van der Waals surface area contributed by atoms with Crippen molar-refractivity contribution in [1.82, 2.24) is 10.2 Å². The fourth-order valence-corrected chi connectivity index (χ4v) is 2.61. The van der Waals surface area contributed by atoms with Gasteiger partial charge in [0.1, 0.15) is 6.04 Å². The molecule has 0 aromatic heterocycles. The van der Waals surface area contributed by atoms with Crippen LogP contribution < -0.4 is 5.32 Å². The summed E-state index contributed by atoms with van der Waals surface area (Å²) in [6.07, 6.45) is 2.81. The van der Waals surface area contributed by atoms with Crippen molar-refractivity contribution >= 4 is 12.0 Å². The first kappa shape index (κ1) is 13.1. The van der Waals surface area contributed by atoms with Crippen molar-refractivity contribution in [1.29, 1.82) is 0 Å². The van der Waals surface area contributed by atoms with Gasteiger partial charge in [-0.1, -0.05) is 6.42 Å². The van der Waals surface area contributed by atoms with Gasteiger partial charge in [-0.15, -0.1) is 0 Å². The van der Waals surface area contributed by atoms with Crippen LogP contribution in [0.3, 0.4) is 0 Å². The SMILES string of the molecule is CC(NC(=O)N1C[C@H](O)C[C@H]1C(=O)O)C1CCC1. The van der Waals surface area contributed by atoms with Gasteiger partial charge in [0.25, 0.3) is 0 Å². The molecule has 3 N–H and O–H groups in total. The van der Waals surface area contributed by atoms with Gasteiger partial charge in [0.15, 0.2) is 0 Å². The lowest BCUT2D eigenvalue weighted by molar-refractivity contribution is -0.141. The molecule has 1 aliphatic carbocycles. The third-order valence-corrected chi connectivity index (χ3v) is 4.03. The van der Waals surface area contributed by atoms with Crippen LogP contribution in [0.1, 0.15) is 32.6 Å². The quantitative estimate of drug-likeness (QED) is 0.682. The van der Waals surface area contributed by atoms with E-state index in [0.29, 0.717) is 5.92 Å². The molecule has 0 bridgehead atoms. The lowest BCUT2D eigenvalue weighted by atomic mass is 9.80. The highest BCUT2D eigenvalue weighted by molar-refractivity contribution is 5.83. The number of hydrogen-bond donors (Lipinski definition) is 3. The van der Waals surface area contributed by atoms with Gasteiger partial charge in [0.05, 0.1) is 6.10 Å². The molecule has 1 saturated heterocycles. The van der Waals surface area contributed by atoms with Gasteiger partial charge in [-0.3, -0.25) is 0 Å². The number of β-amino-alcohol motifs (C(OH)–C–C–N with tert-alkyl or cyclic N) is 1. The van der Waals surface area contributed by atoms with Gasteiger partial charge in [-0.2, -0.15) is 0 Å². The monoisotopic (exact) mass is 256 g/mol. The number of carboxylic acids is 1. The molecule has 0 radical (unpaired) electrons. The molecule has 6 nitrogen and oxygen atoms in total. The number of carbonyl (C=O) groups excluding carboxylic acids is 1. The Bertz CT molecular complexity index is 343. The first-order valence-electron chi connectivity index (χ1n) is 6.47. The Balaban J connectivity index is 1.92. The van der Waals surface area contributed by atoms with Crippen LogP contribution in [-0.2, 0) is 4.79 Å². The van der Waals surface area contributed by atoms with Crippen LogP contribution in [0.5, 0.6) is 0 Å². The average Bonchev–Trinajstić information content (AvgIpc) is 2.57. The molecule has 18 heavy (non-hydrogen) atoms. The Morgan fingerprint density at radius 3 is 2.56 bits per heavy atom. The van der Waals surface area contributed by atoms with Crippen molar-refractivity contribution in [3.63, 3.8) is 0 Å². The van der Waals surface area contributed by atoms with Crippen molar-refractivity contribution in [3.8, 4) is 0 Å². The minimum Gasteiger partial charge on any atom is -0.480 e. The molecule has 2 fully saturated rings. The third-order valence-electron chi connectivity index (χ3n) is 4.03. The zero-order valence-electron chi connectivity index (χ0n) is 10.5. The van der Waals surface area contributed by atoms with Gasteiger partial charge in [-0.25, -0.2) is 9.59 Å². The highest BCUT2D eigenvalue weighted by Crippen LogP contribution is 2.29. The van der Waals surface area contributed by atoms with Crippen LogP contribution in [0.4, 0.5) is 4.79 Å². The zero-order chi connectivity index (χ0) is 13.3. The van der Waals surface area contributed by atoms with E-state index in [2.05, 4.69) is 5.32 Å². The number of urea groups is 1. The second-order valence-electron chi connectivity index (χ2n) is 5.33. The Labute approximate surface area is 106 Å². The lowest BCUT2D eigenvalue weighted by Crippen LogP contribution is -2.51. The molecule has 0 spiro atoms. The summed E-state index contributed by atoms with van der Waals surface area (Å²) in [6, 6.07) is -1.22. The molecular weight excluding hydrogens is 236 g/mol. The van der Waals surface area contributed by atoms with Crippen molar-refractivity contribution in [2.24, 2.45) is 5.92 Å². The van der Waals surface area contributed by atoms with Crippen molar-refractivity contribution in [2.45, 2.75) is 50.8 Å². The van der Waals surface area contributed by atoms with E-state index in [9.17, 15) is 14.7 Å². The number of hydrogen-bond acceptors (Lipinski definition) is 3. The maximum Gasteiger partial charge on any atom is 0.326 e. The second-order valence-corrected chi connectivity index (χ2v) is 5.33. The fourth-order valence-electron chi connectivity index (χ4n) is 2.61. The maximum absolute atomic E-state index is 12.0. The summed E-state index contributed by atoms with van der Waals surface area (Å²) in [7, 11) is 0. The van der Waals surface area contributed by atoms with Crippen LogP contribution in [0.2, 0.25) is 0 Å².